The Labute approximate surface area is 56.6 Å². The molecule has 0 aliphatic heterocycles. The van der Waals surface area contributed by atoms with Gasteiger partial charge >= 0.3 is 0 Å². The van der Waals surface area contributed by atoms with E-state index < -0.39 is 0 Å². The molecule has 0 spiro atoms. The number of fused-ring (bicyclic) bond motifs is 1. The van der Waals surface area contributed by atoms with Crippen LogP contribution in [-0.4, -0.2) is 20.2 Å². The Morgan fingerprint density at radius 1 is 1.40 bits per heavy atom. The van der Waals surface area contributed by atoms with E-state index in [4.69, 9.17) is 4.52 Å². The molecule has 2 heterocycles. The average Bonchev–Trinajstić information content (AvgIpc) is 2.35. The normalized spacial score (nSPS) is 11.0. The molecule has 0 aliphatic carbocycles. The van der Waals surface area contributed by atoms with Crippen LogP contribution in [0.25, 0.3) is 11.2 Å². The second kappa shape index (κ2) is 1.56. The molecule has 0 amide bonds. The molecule has 0 fully saturated rings. The molecular weight excluding hydrogens is 132 g/mol. The zero-order chi connectivity index (χ0) is 7.14. The smallest absolute Gasteiger partial charge is 0.296 e. The molecule has 0 bridgehead atoms. The van der Waals surface area contributed by atoms with E-state index >= 15 is 0 Å². The number of aromatic nitrogens is 4. The van der Waals surface area contributed by atoms with Crippen LogP contribution >= 0.6 is 0 Å². The van der Waals surface area contributed by atoms with Crippen molar-refractivity contribution < 1.29 is 4.52 Å². The number of aryl methyl sites for hydroxylation is 2. The maximum Gasteiger partial charge on any atom is 0.296 e. The minimum Gasteiger partial charge on any atom is -0.332 e. The first-order chi connectivity index (χ1) is 4.77. The van der Waals surface area contributed by atoms with Gasteiger partial charge in [0.1, 0.15) is 5.69 Å². The Morgan fingerprint density at radius 3 is 2.90 bits per heavy atom. The van der Waals surface area contributed by atoms with Gasteiger partial charge in [-0.05, 0) is 6.92 Å². The van der Waals surface area contributed by atoms with E-state index in [2.05, 4.69) is 15.4 Å². The largest absolute Gasteiger partial charge is 0.332 e. The molecule has 2 aromatic rings. The highest BCUT2D eigenvalue weighted by molar-refractivity contribution is 5.69. The van der Waals surface area contributed by atoms with Crippen molar-refractivity contribution in [1.82, 2.24) is 20.2 Å². The summed E-state index contributed by atoms with van der Waals surface area (Å²) >= 11 is 0. The quantitative estimate of drug-likeness (QED) is 0.524. The van der Waals surface area contributed by atoms with Gasteiger partial charge in [0.2, 0.25) is 0 Å². The highest BCUT2D eigenvalue weighted by Crippen LogP contribution is 2.10. The summed E-state index contributed by atoms with van der Waals surface area (Å²) in [6, 6.07) is 0. The van der Waals surface area contributed by atoms with Crippen LogP contribution < -0.4 is 0 Å². The molecule has 0 unspecified atom stereocenters. The van der Waals surface area contributed by atoms with Crippen LogP contribution in [0, 0.1) is 6.92 Å². The van der Waals surface area contributed by atoms with Crippen LogP contribution in [0.3, 0.4) is 0 Å². The fourth-order valence-corrected chi connectivity index (χ4v) is 0.832. The standard InChI is InChI=1S/C5H6N4O/c1-3-4-5(10-8-3)7-9(2)6-4/h1-2H3. The molecule has 0 saturated carbocycles. The van der Waals surface area contributed by atoms with Gasteiger partial charge in [-0.15, -0.1) is 10.2 Å². The highest BCUT2D eigenvalue weighted by Gasteiger charge is 2.07. The van der Waals surface area contributed by atoms with Crippen LogP contribution in [0.15, 0.2) is 4.52 Å². The molecule has 2 rings (SSSR count). The lowest BCUT2D eigenvalue weighted by molar-refractivity contribution is 0.434. The zero-order valence-corrected chi connectivity index (χ0v) is 5.70. The summed E-state index contributed by atoms with van der Waals surface area (Å²) in [5.41, 5.74) is 2.02. The Balaban J connectivity index is 2.90. The molecule has 0 N–H and O–H groups in total. The first-order valence-corrected chi connectivity index (χ1v) is 2.90. The molecule has 10 heavy (non-hydrogen) atoms. The first kappa shape index (κ1) is 5.40. The lowest BCUT2D eigenvalue weighted by Gasteiger charge is -1.78. The van der Waals surface area contributed by atoms with Crippen molar-refractivity contribution in [3.63, 3.8) is 0 Å². The van der Waals surface area contributed by atoms with Gasteiger partial charge in [0.25, 0.3) is 5.71 Å². The van der Waals surface area contributed by atoms with Gasteiger partial charge in [-0.2, -0.15) is 4.80 Å². The SMILES string of the molecule is Cc1noc2nn(C)nc12. The van der Waals surface area contributed by atoms with Gasteiger partial charge < -0.3 is 4.52 Å². The van der Waals surface area contributed by atoms with Crippen molar-refractivity contribution in [1.29, 1.82) is 0 Å². The molecule has 5 heteroatoms. The third-order valence-electron chi connectivity index (χ3n) is 1.29. The fourth-order valence-electron chi connectivity index (χ4n) is 0.832. The molecule has 0 aliphatic rings. The summed E-state index contributed by atoms with van der Waals surface area (Å²) < 4.78 is 4.83. The van der Waals surface area contributed by atoms with Crippen LogP contribution in [0.4, 0.5) is 0 Å². The van der Waals surface area contributed by atoms with E-state index in [1.54, 1.807) is 7.05 Å². The molecule has 0 saturated heterocycles. The van der Waals surface area contributed by atoms with Crippen LogP contribution in [0.2, 0.25) is 0 Å². The van der Waals surface area contributed by atoms with E-state index in [1.807, 2.05) is 6.92 Å². The lowest BCUT2D eigenvalue weighted by Crippen LogP contribution is -1.91. The Hall–Kier alpha value is -1.39. The van der Waals surface area contributed by atoms with Crippen LogP contribution in [-0.2, 0) is 7.05 Å². The van der Waals surface area contributed by atoms with Crippen molar-refractivity contribution >= 4 is 11.2 Å². The minimum atomic E-state index is 0.500. The van der Waals surface area contributed by atoms with Crippen LogP contribution in [0.5, 0.6) is 0 Å². The fraction of sp³-hybridized carbons (Fsp3) is 0.400. The summed E-state index contributed by atoms with van der Waals surface area (Å²) in [5.74, 6) is 0. The van der Waals surface area contributed by atoms with Crippen molar-refractivity contribution in [3.8, 4) is 0 Å². The number of nitrogens with zero attached hydrogens (tertiary/aromatic N) is 4. The van der Waals surface area contributed by atoms with Crippen molar-refractivity contribution in [2.75, 3.05) is 0 Å². The third kappa shape index (κ3) is 0.541. The summed E-state index contributed by atoms with van der Waals surface area (Å²) in [6.07, 6.45) is 0. The number of hydrogen-bond acceptors (Lipinski definition) is 4. The minimum absolute atomic E-state index is 0.500. The predicted molar refractivity (Wildman–Crippen MR) is 33.3 cm³/mol. The van der Waals surface area contributed by atoms with Gasteiger partial charge in [-0.25, -0.2) is 0 Å². The maximum atomic E-state index is 4.83. The zero-order valence-electron chi connectivity index (χ0n) is 5.70. The second-order valence-corrected chi connectivity index (χ2v) is 2.11. The Morgan fingerprint density at radius 2 is 2.20 bits per heavy atom. The second-order valence-electron chi connectivity index (χ2n) is 2.11. The molecule has 2 aromatic heterocycles. The highest BCUT2D eigenvalue weighted by atomic mass is 16.5. The molecule has 5 nitrogen and oxygen atoms in total. The summed E-state index contributed by atoms with van der Waals surface area (Å²) in [6.45, 7) is 1.83. The van der Waals surface area contributed by atoms with E-state index in [-0.39, 0.29) is 0 Å². The number of hydrogen-bond donors (Lipinski definition) is 0. The van der Waals surface area contributed by atoms with Crippen molar-refractivity contribution in [2.24, 2.45) is 7.05 Å². The molecule has 0 radical (unpaired) electrons. The van der Waals surface area contributed by atoms with Gasteiger partial charge in [0.15, 0.2) is 5.52 Å². The van der Waals surface area contributed by atoms with E-state index in [9.17, 15) is 0 Å². The summed E-state index contributed by atoms with van der Waals surface area (Å²) in [5, 5.41) is 11.6. The Bertz CT molecular complexity index is 360. The molecular formula is C5H6N4O. The maximum absolute atomic E-state index is 4.83. The topological polar surface area (TPSA) is 56.7 Å². The van der Waals surface area contributed by atoms with Crippen LogP contribution in [0.1, 0.15) is 5.69 Å². The van der Waals surface area contributed by atoms with Gasteiger partial charge in [0, 0.05) is 7.05 Å². The van der Waals surface area contributed by atoms with Crippen molar-refractivity contribution in [2.45, 2.75) is 6.92 Å². The van der Waals surface area contributed by atoms with Gasteiger partial charge in [-0.3, -0.25) is 0 Å². The predicted octanol–water partition coefficient (Wildman–Crippen LogP) is 0.265. The van der Waals surface area contributed by atoms with Gasteiger partial charge in [0.05, 0.1) is 0 Å². The molecule has 0 atom stereocenters. The van der Waals surface area contributed by atoms with E-state index in [0.29, 0.717) is 5.71 Å². The molecule has 0 aromatic carbocycles. The van der Waals surface area contributed by atoms with Crippen molar-refractivity contribution in [3.05, 3.63) is 5.69 Å². The Kier molecular flexibility index (Phi) is 0.841. The third-order valence-corrected chi connectivity index (χ3v) is 1.29. The average molecular weight is 138 g/mol. The first-order valence-electron chi connectivity index (χ1n) is 2.90. The lowest BCUT2D eigenvalue weighted by atomic mass is 10.4. The van der Waals surface area contributed by atoms with E-state index in [0.717, 1.165) is 11.2 Å². The summed E-state index contributed by atoms with van der Waals surface area (Å²) in [7, 11) is 1.74. The van der Waals surface area contributed by atoms with Gasteiger partial charge in [-0.1, -0.05) is 5.16 Å². The molecule has 52 valence electrons. The van der Waals surface area contributed by atoms with E-state index in [1.165, 1.54) is 4.80 Å². The number of rotatable bonds is 0. The monoisotopic (exact) mass is 138 g/mol. The summed E-state index contributed by atoms with van der Waals surface area (Å²) in [4.78, 5) is 1.46.